The Kier molecular flexibility index (Phi) is 8.41. The Bertz CT molecular complexity index is 132. The first-order chi connectivity index (χ1) is 4.83. The summed E-state index contributed by atoms with van der Waals surface area (Å²) in [6, 6.07) is 0. The highest BCUT2D eigenvalue weighted by Crippen LogP contribution is 2.29. The molecule has 0 aliphatic heterocycles. The number of nitriles is 1. The second-order valence-electron chi connectivity index (χ2n) is 2.59. The molecule has 0 rings (SSSR count). The van der Waals surface area contributed by atoms with Crippen LogP contribution in [0.15, 0.2) is 0 Å². The highest BCUT2D eigenvalue weighted by molar-refractivity contribution is 7.41. The summed E-state index contributed by atoms with van der Waals surface area (Å²) in [6.07, 6.45) is 0. The van der Waals surface area contributed by atoms with Crippen LogP contribution in [0.5, 0.6) is 0 Å². The molecule has 0 unspecified atom stereocenters. The monoisotopic (exact) mass is 191 g/mol. The maximum absolute atomic E-state index is 8.32. The van der Waals surface area contributed by atoms with Crippen LogP contribution in [0.25, 0.3) is 0 Å². The molecule has 0 aromatic rings. The Morgan fingerprint density at radius 3 is 1.73 bits per heavy atom. The minimum Gasteiger partial charge on any atom is -0.355 e. The smallest absolute Gasteiger partial charge is 0.316 e. The molecule has 0 heterocycles. The predicted molar refractivity (Wildman–Crippen MR) is 47.2 cm³/mol. The Morgan fingerprint density at radius 1 is 1.45 bits per heavy atom. The van der Waals surface area contributed by atoms with Gasteiger partial charge in [0.25, 0.3) is 0 Å². The lowest BCUT2D eigenvalue weighted by molar-refractivity contribution is 0.373. The fourth-order valence-corrected chi connectivity index (χ4v) is 2.20. The third-order valence-electron chi connectivity index (χ3n) is 0.356. The molecule has 0 aliphatic carbocycles. The quantitative estimate of drug-likeness (QED) is 0.497. The second kappa shape index (κ2) is 6.77. The van der Waals surface area contributed by atoms with Crippen LogP contribution in [0.4, 0.5) is 0 Å². The maximum Gasteiger partial charge on any atom is 0.316 e. The molecule has 0 atom stereocenters. The van der Waals surface area contributed by atoms with Gasteiger partial charge in [0.05, 0.1) is 0 Å². The van der Waals surface area contributed by atoms with Crippen molar-refractivity contribution >= 4 is 24.8 Å². The molecule has 0 saturated carbocycles. The number of hydrogen-bond donors (Lipinski definition) is 2. The van der Waals surface area contributed by atoms with Gasteiger partial charge >= 0.3 is 8.60 Å². The van der Waals surface area contributed by atoms with Crippen molar-refractivity contribution in [2.75, 3.05) is 0 Å². The van der Waals surface area contributed by atoms with Crippen molar-refractivity contribution in [1.29, 1.82) is 5.26 Å². The SMILES string of the molecule is C[Si](C)(C)OP(O)O.[B]C#N. The Labute approximate surface area is 70.4 Å². The van der Waals surface area contributed by atoms with Gasteiger partial charge in [0.1, 0.15) is 0 Å². The first-order valence-electron chi connectivity index (χ1n) is 2.80. The van der Waals surface area contributed by atoms with E-state index in [1.165, 1.54) is 5.97 Å². The molecule has 0 saturated heterocycles. The van der Waals surface area contributed by atoms with E-state index in [0.29, 0.717) is 0 Å². The summed E-state index contributed by atoms with van der Waals surface area (Å²) in [5.74, 6) is 1.25. The molecule has 0 aliphatic rings. The van der Waals surface area contributed by atoms with Crippen LogP contribution in [-0.4, -0.2) is 26.0 Å². The molecule has 0 aromatic carbocycles. The van der Waals surface area contributed by atoms with Gasteiger partial charge < -0.3 is 14.0 Å². The summed E-state index contributed by atoms with van der Waals surface area (Å²) >= 11 is 0. The van der Waals surface area contributed by atoms with Gasteiger partial charge in [-0.1, -0.05) is 0 Å². The van der Waals surface area contributed by atoms with E-state index >= 15 is 0 Å². The number of nitrogens with zero attached hydrogens (tertiary/aromatic N) is 1. The minimum absolute atomic E-state index is 1.25. The molecule has 0 spiro atoms. The van der Waals surface area contributed by atoms with Crippen LogP contribution < -0.4 is 0 Å². The van der Waals surface area contributed by atoms with Gasteiger partial charge in [0, 0.05) is 0 Å². The molecule has 4 nitrogen and oxygen atoms in total. The van der Waals surface area contributed by atoms with E-state index in [2.05, 4.69) is 7.85 Å². The second-order valence-corrected chi connectivity index (χ2v) is 8.05. The van der Waals surface area contributed by atoms with Gasteiger partial charge in [0.2, 0.25) is 7.85 Å². The minimum atomic E-state index is -2.13. The van der Waals surface area contributed by atoms with Gasteiger partial charge in [-0.15, -0.1) is 0 Å². The lowest BCUT2D eigenvalue weighted by Crippen LogP contribution is -2.22. The zero-order chi connectivity index (χ0) is 9.49. The Balaban J connectivity index is 0. The summed E-state index contributed by atoms with van der Waals surface area (Å²) in [7, 11) is 0.334. The summed E-state index contributed by atoms with van der Waals surface area (Å²) < 4.78 is 4.75. The lowest BCUT2D eigenvalue weighted by Gasteiger charge is -2.15. The molecule has 0 amide bonds. The van der Waals surface area contributed by atoms with Crippen LogP contribution in [0.1, 0.15) is 0 Å². The van der Waals surface area contributed by atoms with Crippen LogP contribution >= 0.6 is 8.60 Å². The molecule has 0 fully saturated rings. The lowest BCUT2D eigenvalue weighted by atomic mass is 10.2. The number of hydrogen-bond acceptors (Lipinski definition) is 4. The zero-order valence-corrected chi connectivity index (χ0v) is 8.67. The average molecular weight is 191 g/mol. The van der Waals surface area contributed by atoms with Gasteiger partial charge in [-0.25, -0.2) is 5.26 Å². The van der Waals surface area contributed by atoms with E-state index in [9.17, 15) is 0 Å². The van der Waals surface area contributed by atoms with Crippen molar-refractivity contribution in [3.8, 4) is 5.97 Å². The Hall–Kier alpha value is 0.0818. The van der Waals surface area contributed by atoms with Gasteiger partial charge in [0.15, 0.2) is 8.32 Å². The standard InChI is InChI=1S/C3H11O3PSi.CBN/c1-8(2,3)6-7(4)5;2-1-3/h4-5H,1-3H3;. The molecule has 7 heteroatoms. The number of rotatable bonds is 2. The molecule has 62 valence electrons. The maximum atomic E-state index is 8.32. The van der Waals surface area contributed by atoms with Gasteiger partial charge in [-0.2, -0.15) is 0 Å². The summed E-state index contributed by atoms with van der Waals surface area (Å²) in [6.45, 7) is 5.69. The largest absolute Gasteiger partial charge is 0.355 e. The topological polar surface area (TPSA) is 73.5 Å². The summed E-state index contributed by atoms with van der Waals surface area (Å²) in [4.78, 5) is 16.6. The summed E-state index contributed by atoms with van der Waals surface area (Å²) in [5.41, 5.74) is 0. The van der Waals surface area contributed by atoms with E-state index in [4.69, 9.17) is 19.3 Å². The zero-order valence-electron chi connectivity index (χ0n) is 6.77. The fraction of sp³-hybridized carbons (Fsp3) is 0.750. The molecule has 2 radical (unpaired) electrons. The van der Waals surface area contributed by atoms with Crippen molar-refractivity contribution in [2.45, 2.75) is 19.6 Å². The van der Waals surface area contributed by atoms with E-state index in [1.54, 1.807) is 0 Å². The van der Waals surface area contributed by atoms with Gasteiger partial charge in [-0.3, -0.25) is 0 Å². The van der Waals surface area contributed by atoms with Crippen molar-refractivity contribution < 1.29 is 14.0 Å². The van der Waals surface area contributed by atoms with Crippen LogP contribution in [-0.2, 0) is 4.21 Å². The molecule has 0 bridgehead atoms. The predicted octanol–water partition coefficient (Wildman–Crippen LogP) is 0.685. The van der Waals surface area contributed by atoms with Gasteiger partial charge in [-0.05, 0) is 25.6 Å². The average Bonchev–Trinajstić information content (AvgIpc) is 1.57. The van der Waals surface area contributed by atoms with E-state index in [1.807, 2.05) is 19.6 Å². The van der Waals surface area contributed by atoms with E-state index in [0.717, 1.165) is 0 Å². The van der Waals surface area contributed by atoms with E-state index in [-0.39, 0.29) is 0 Å². The normalized spacial score (nSPS) is 9.91. The van der Waals surface area contributed by atoms with Crippen molar-refractivity contribution in [1.82, 2.24) is 0 Å². The molecule has 11 heavy (non-hydrogen) atoms. The highest BCUT2D eigenvalue weighted by Gasteiger charge is 2.18. The molecule has 0 aromatic heterocycles. The highest BCUT2D eigenvalue weighted by atomic mass is 31.2. The molecular formula is C4H11BNO3PSi. The van der Waals surface area contributed by atoms with Crippen LogP contribution in [0.3, 0.4) is 0 Å². The molecule has 2 N–H and O–H groups in total. The van der Waals surface area contributed by atoms with Crippen LogP contribution in [0.2, 0.25) is 19.6 Å². The third-order valence-corrected chi connectivity index (χ3v) is 3.20. The fourth-order valence-electron chi connectivity index (χ4n) is 0.245. The first kappa shape index (κ1) is 13.7. The third kappa shape index (κ3) is 25.5. The van der Waals surface area contributed by atoms with E-state index < -0.39 is 16.9 Å². The van der Waals surface area contributed by atoms with Crippen molar-refractivity contribution in [3.63, 3.8) is 0 Å². The summed E-state index contributed by atoms with van der Waals surface area (Å²) in [5, 5.41) is 7.10. The van der Waals surface area contributed by atoms with Crippen molar-refractivity contribution in [3.05, 3.63) is 0 Å². The first-order valence-corrected chi connectivity index (χ1v) is 7.37. The molecular weight excluding hydrogens is 180 g/mol. The Morgan fingerprint density at radius 2 is 1.73 bits per heavy atom. The van der Waals surface area contributed by atoms with Crippen LogP contribution in [0, 0.1) is 11.2 Å². The van der Waals surface area contributed by atoms with Crippen molar-refractivity contribution in [2.24, 2.45) is 0 Å².